The van der Waals surface area contributed by atoms with Crippen molar-refractivity contribution < 1.29 is 14.3 Å². The summed E-state index contributed by atoms with van der Waals surface area (Å²) in [5.74, 6) is 0.791. The average Bonchev–Trinajstić information content (AvgIpc) is 2.49. The fraction of sp³-hybridized carbons (Fsp3) is 0.562. The molecule has 1 fully saturated rings. The van der Waals surface area contributed by atoms with Gasteiger partial charge in [-0.1, -0.05) is 24.6 Å². The summed E-state index contributed by atoms with van der Waals surface area (Å²) in [5.41, 5.74) is 1.13. The summed E-state index contributed by atoms with van der Waals surface area (Å²) >= 11 is 0. The molecule has 4 heteroatoms. The minimum Gasteiger partial charge on any atom is -0.492 e. The number of carbonyl (C=O) groups excluding carboxylic acids is 1. The van der Waals surface area contributed by atoms with Gasteiger partial charge in [-0.3, -0.25) is 9.69 Å². The molecule has 0 spiro atoms. The maximum Gasteiger partial charge on any atom is 0.323 e. The zero-order valence-electron chi connectivity index (χ0n) is 12.3. The van der Waals surface area contributed by atoms with Crippen molar-refractivity contribution in [2.75, 3.05) is 26.8 Å². The molecule has 0 saturated carbocycles. The van der Waals surface area contributed by atoms with Crippen molar-refractivity contribution in [3.05, 3.63) is 29.8 Å². The smallest absolute Gasteiger partial charge is 0.323 e. The van der Waals surface area contributed by atoms with Crippen molar-refractivity contribution in [3.63, 3.8) is 0 Å². The summed E-state index contributed by atoms with van der Waals surface area (Å²) in [7, 11) is 1.46. The first kappa shape index (κ1) is 14.9. The molecule has 2 rings (SSSR count). The van der Waals surface area contributed by atoms with Crippen molar-refractivity contribution in [2.45, 2.75) is 32.2 Å². The molecular weight excluding hydrogens is 254 g/mol. The molecule has 1 atom stereocenters. The number of hydrogen-bond acceptors (Lipinski definition) is 4. The van der Waals surface area contributed by atoms with Gasteiger partial charge in [0.15, 0.2) is 0 Å². The fourth-order valence-electron chi connectivity index (χ4n) is 2.65. The number of nitrogens with zero attached hydrogens (tertiary/aromatic N) is 1. The summed E-state index contributed by atoms with van der Waals surface area (Å²) in [5, 5.41) is 0. The third-order valence-electron chi connectivity index (χ3n) is 3.82. The average molecular weight is 277 g/mol. The standard InChI is InChI=1S/C16H23NO3/c1-13-7-3-4-9-15(13)20-12-11-17-10-6-5-8-14(17)16(18)19-2/h3-4,7,9,14H,5-6,8,10-12H2,1-2H3. The second-order valence-corrected chi connectivity index (χ2v) is 5.18. The Hall–Kier alpha value is -1.55. The second kappa shape index (κ2) is 7.29. The lowest BCUT2D eigenvalue weighted by atomic mass is 10.0. The normalized spacial score (nSPS) is 19.6. The molecule has 0 radical (unpaired) electrons. The Morgan fingerprint density at radius 1 is 1.35 bits per heavy atom. The zero-order valence-corrected chi connectivity index (χ0v) is 12.3. The van der Waals surface area contributed by atoms with E-state index in [4.69, 9.17) is 9.47 Å². The number of piperidine rings is 1. The lowest BCUT2D eigenvalue weighted by Crippen LogP contribution is -2.46. The number of likely N-dealkylation sites (tertiary alicyclic amines) is 1. The lowest BCUT2D eigenvalue weighted by Gasteiger charge is -2.33. The van der Waals surface area contributed by atoms with Crippen LogP contribution in [0, 0.1) is 6.92 Å². The monoisotopic (exact) mass is 277 g/mol. The van der Waals surface area contributed by atoms with Crippen LogP contribution >= 0.6 is 0 Å². The van der Waals surface area contributed by atoms with Gasteiger partial charge in [0.25, 0.3) is 0 Å². The summed E-state index contributed by atoms with van der Waals surface area (Å²) in [6, 6.07) is 7.88. The van der Waals surface area contributed by atoms with Gasteiger partial charge in [-0.2, -0.15) is 0 Å². The van der Waals surface area contributed by atoms with Gasteiger partial charge in [-0.25, -0.2) is 0 Å². The number of ether oxygens (including phenoxy) is 2. The van der Waals surface area contributed by atoms with Crippen molar-refractivity contribution in [3.8, 4) is 5.75 Å². The van der Waals surface area contributed by atoms with E-state index in [9.17, 15) is 4.79 Å². The Balaban J connectivity index is 1.85. The first-order valence-corrected chi connectivity index (χ1v) is 7.22. The molecule has 1 aliphatic heterocycles. The molecule has 1 heterocycles. The van der Waals surface area contributed by atoms with Crippen molar-refractivity contribution in [2.24, 2.45) is 0 Å². The molecule has 20 heavy (non-hydrogen) atoms. The third-order valence-corrected chi connectivity index (χ3v) is 3.82. The number of aryl methyl sites for hydroxylation is 1. The Kier molecular flexibility index (Phi) is 5.41. The molecule has 1 unspecified atom stereocenters. The number of hydrogen-bond donors (Lipinski definition) is 0. The SMILES string of the molecule is COC(=O)C1CCCCN1CCOc1ccccc1C. The summed E-state index contributed by atoms with van der Waals surface area (Å²) < 4.78 is 10.7. The Morgan fingerprint density at radius 3 is 2.90 bits per heavy atom. The number of benzene rings is 1. The van der Waals surface area contributed by atoms with Crippen LogP contribution in [0.25, 0.3) is 0 Å². The maximum atomic E-state index is 11.8. The predicted octanol–water partition coefficient (Wildman–Crippen LogP) is 2.40. The predicted molar refractivity (Wildman–Crippen MR) is 77.9 cm³/mol. The molecule has 0 aromatic heterocycles. The molecule has 0 bridgehead atoms. The van der Waals surface area contributed by atoms with Gasteiger partial charge in [0.05, 0.1) is 7.11 Å². The van der Waals surface area contributed by atoms with Gasteiger partial charge in [0, 0.05) is 6.54 Å². The maximum absolute atomic E-state index is 11.8. The topological polar surface area (TPSA) is 38.8 Å². The molecular formula is C16H23NO3. The molecule has 1 saturated heterocycles. The van der Waals surface area contributed by atoms with E-state index in [1.807, 2.05) is 31.2 Å². The van der Waals surface area contributed by atoms with Crippen LogP contribution in [-0.4, -0.2) is 43.7 Å². The number of carbonyl (C=O) groups is 1. The first-order valence-electron chi connectivity index (χ1n) is 7.22. The fourth-order valence-corrected chi connectivity index (χ4v) is 2.65. The molecule has 110 valence electrons. The number of esters is 1. The Morgan fingerprint density at radius 2 is 2.15 bits per heavy atom. The van der Waals surface area contributed by atoms with E-state index in [0.717, 1.165) is 43.7 Å². The van der Waals surface area contributed by atoms with Gasteiger partial charge in [-0.05, 0) is 37.9 Å². The number of para-hydroxylation sites is 1. The minimum absolute atomic E-state index is 0.103. The molecule has 1 aromatic carbocycles. The number of rotatable bonds is 5. The highest BCUT2D eigenvalue weighted by molar-refractivity contribution is 5.75. The molecule has 1 aliphatic rings. The van der Waals surface area contributed by atoms with Gasteiger partial charge >= 0.3 is 5.97 Å². The van der Waals surface area contributed by atoms with Crippen LogP contribution in [0.3, 0.4) is 0 Å². The van der Waals surface area contributed by atoms with Gasteiger partial charge < -0.3 is 9.47 Å². The van der Waals surface area contributed by atoms with E-state index in [1.54, 1.807) is 0 Å². The van der Waals surface area contributed by atoms with Crippen molar-refractivity contribution in [1.29, 1.82) is 0 Å². The van der Waals surface area contributed by atoms with E-state index in [0.29, 0.717) is 6.61 Å². The van der Waals surface area contributed by atoms with Crippen molar-refractivity contribution >= 4 is 5.97 Å². The Bertz CT molecular complexity index is 447. The second-order valence-electron chi connectivity index (χ2n) is 5.18. The Labute approximate surface area is 120 Å². The molecule has 0 aliphatic carbocycles. The minimum atomic E-state index is -0.124. The largest absolute Gasteiger partial charge is 0.492 e. The quantitative estimate of drug-likeness (QED) is 0.775. The summed E-state index contributed by atoms with van der Waals surface area (Å²) in [4.78, 5) is 13.9. The van der Waals surface area contributed by atoms with Crippen LogP contribution in [0.2, 0.25) is 0 Å². The van der Waals surface area contributed by atoms with Crippen LogP contribution in [0.1, 0.15) is 24.8 Å². The summed E-state index contributed by atoms with van der Waals surface area (Å²) in [6.45, 7) is 4.33. The zero-order chi connectivity index (χ0) is 14.4. The van der Waals surface area contributed by atoms with E-state index in [2.05, 4.69) is 4.90 Å². The molecule has 1 aromatic rings. The van der Waals surface area contributed by atoms with Gasteiger partial charge in [0.2, 0.25) is 0 Å². The third kappa shape index (κ3) is 3.73. The van der Waals surface area contributed by atoms with E-state index >= 15 is 0 Å². The van der Waals surface area contributed by atoms with Crippen LogP contribution < -0.4 is 4.74 Å². The summed E-state index contributed by atoms with van der Waals surface area (Å²) in [6.07, 6.45) is 3.11. The van der Waals surface area contributed by atoms with Gasteiger partial charge in [-0.15, -0.1) is 0 Å². The first-order chi connectivity index (χ1) is 9.72. The van der Waals surface area contributed by atoms with Gasteiger partial charge in [0.1, 0.15) is 18.4 Å². The molecule has 4 nitrogen and oxygen atoms in total. The van der Waals surface area contributed by atoms with E-state index in [1.165, 1.54) is 7.11 Å². The molecule has 0 amide bonds. The lowest BCUT2D eigenvalue weighted by molar-refractivity contribution is -0.148. The molecule has 0 N–H and O–H groups in total. The van der Waals surface area contributed by atoms with Crippen molar-refractivity contribution in [1.82, 2.24) is 4.90 Å². The number of methoxy groups -OCH3 is 1. The van der Waals surface area contributed by atoms with Crippen LogP contribution in [0.15, 0.2) is 24.3 Å². The van der Waals surface area contributed by atoms with Crippen LogP contribution in [0.5, 0.6) is 5.75 Å². The van der Waals surface area contributed by atoms with E-state index in [-0.39, 0.29) is 12.0 Å². The highest BCUT2D eigenvalue weighted by atomic mass is 16.5. The van der Waals surface area contributed by atoms with Crippen LogP contribution in [-0.2, 0) is 9.53 Å². The van der Waals surface area contributed by atoms with E-state index < -0.39 is 0 Å². The highest BCUT2D eigenvalue weighted by Gasteiger charge is 2.29. The van der Waals surface area contributed by atoms with Crippen LogP contribution in [0.4, 0.5) is 0 Å². The highest BCUT2D eigenvalue weighted by Crippen LogP contribution is 2.19.